The third-order valence-electron chi connectivity index (χ3n) is 5.21. The van der Waals surface area contributed by atoms with Crippen LogP contribution in [0.15, 0.2) is 36.0 Å². The van der Waals surface area contributed by atoms with Gasteiger partial charge in [0.1, 0.15) is 18.0 Å². The Bertz CT molecular complexity index is 1330. The number of carbonyl (C=O) groups is 4. The Balaban J connectivity index is 0.000000237. The molecule has 178 valence electrons. The average Bonchev–Trinajstić information content (AvgIpc) is 2.83. The van der Waals surface area contributed by atoms with E-state index in [-0.39, 0.29) is 42.5 Å². The zero-order chi connectivity index (χ0) is 26.9. The van der Waals surface area contributed by atoms with Gasteiger partial charge in [0.25, 0.3) is 0 Å². The van der Waals surface area contributed by atoms with E-state index < -0.39 is 53.1 Å². The molecule has 0 aromatic carbocycles. The summed E-state index contributed by atoms with van der Waals surface area (Å²) < 4.78 is 8.38. The normalized spacial score (nSPS) is 33.2. The molecule has 10 heteroatoms. The van der Waals surface area contributed by atoms with Crippen LogP contribution in [0.2, 0.25) is 0 Å². The molecule has 0 radical (unpaired) electrons. The number of aliphatic hydroxyl groups is 4. The number of hydrogen-bond donors (Lipinski definition) is 4. The number of Topliss-reactive ketones (excluding diaryl/α,β-unsaturated/α-hetero) is 3. The van der Waals surface area contributed by atoms with E-state index in [0.717, 1.165) is 6.08 Å². The molecule has 0 saturated heterocycles. The Hall–Kier alpha value is -3.60. The summed E-state index contributed by atoms with van der Waals surface area (Å²) in [6.45, 7) is 0. The molecule has 4 aliphatic rings. The molecule has 0 aromatic rings. The third-order valence-corrected chi connectivity index (χ3v) is 5.21. The van der Waals surface area contributed by atoms with Crippen LogP contribution in [0.5, 0.6) is 0 Å². The fraction of sp³-hybridized carbons (Fsp3) is 0.308. The molecule has 9 nitrogen and oxygen atoms in total. The van der Waals surface area contributed by atoms with Crippen molar-refractivity contribution in [1.82, 2.24) is 0 Å². The quantitative estimate of drug-likeness (QED) is 0.205. The molecule has 0 heterocycles. The first-order valence-corrected chi connectivity index (χ1v) is 11.6. The van der Waals surface area contributed by atoms with Crippen molar-refractivity contribution in [2.45, 2.75) is 42.7 Å². The minimum absolute atomic E-state index is 0.0949. The van der Waals surface area contributed by atoms with Crippen molar-refractivity contribution >= 4 is 23.1 Å². The van der Waals surface area contributed by atoms with Crippen LogP contribution < -0.4 is 0 Å². The number of rotatable bonds is 0. The van der Waals surface area contributed by atoms with E-state index in [9.17, 15) is 39.6 Å². The van der Waals surface area contributed by atoms with E-state index in [1.54, 1.807) is 0 Å². The van der Waals surface area contributed by atoms with Gasteiger partial charge in [-0.3, -0.25) is 19.2 Å². The van der Waals surface area contributed by atoms with Gasteiger partial charge in [0, 0.05) is 12.0 Å². The molecule has 0 amide bonds. The summed E-state index contributed by atoms with van der Waals surface area (Å²) in [4.78, 5) is 46.7. The predicted molar refractivity (Wildman–Crippen MR) is 117 cm³/mol. The van der Waals surface area contributed by atoms with Crippen LogP contribution >= 0.6 is 0 Å². The molecule has 5 atom stereocenters. The molecule has 36 heavy (non-hydrogen) atoms. The van der Waals surface area contributed by atoms with Gasteiger partial charge in [-0.05, 0) is 30.4 Å². The Kier molecular flexibility index (Phi) is 9.86. The van der Waals surface area contributed by atoms with Crippen molar-refractivity contribution in [2.24, 2.45) is 5.92 Å². The van der Waals surface area contributed by atoms with Gasteiger partial charge in [-0.1, -0.05) is 47.4 Å². The zero-order valence-electron chi connectivity index (χ0n) is 18.8. The van der Waals surface area contributed by atoms with Gasteiger partial charge >= 0.3 is 21.8 Å². The number of fused-ring (bicyclic) bond motifs is 4. The van der Waals surface area contributed by atoms with Crippen LogP contribution in [0.4, 0.5) is 0 Å². The van der Waals surface area contributed by atoms with Gasteiger partial charge in [0.05, 0.1) is 18.8 Å². The van der Waals surface area contributed by atoms with Gasteiger partial charge < -0.3 is 20.4 Å². The molecule has 4 N–H and O–H groups in total. The zero-order valence-corrected chi connectivity index (χ0v) is 21.7. The topological polar surface area (TPSA) is 166 Å². The van der Waals surface area contributed by atoms with Crippen LogP contribution in [0.25, 0.3) is 0 Å². The molecule has 4 rings (SSSR count). The summed E-state index contributed by atoms with van der Waals surface area (Å²) in [6, 6.07) is 0. The molecular formula is C26H18O9Zn. The Labute approximate surface area is 216 Å². The number of allylic oxidation sites excluding steroid dienone is 5. The molecular weight excluding hydrogens is 522 g/mol. The molecule has 0 aromatic heterocycles. The summed E-state index contributed by atoms with van der Waals surface area (Å²) >= 11 is 0.125. The van der Waals surface area contributed by atoms with Crippen LogP contribution in [-0.4, -0.2) is 67.0 Å². The van der Waals surface area contributed by atoms with Crippen molar-refractivity contribution in [3.8, 4) is 47.4 Å². The Morgan fingerprint density at radius 3 is 2.00 bits per heavy atom. The van der Waals surface area contributed by atoms with E-state index >= 15 is 0 Å². The van der Waals surface area contributed by atoms with Crippen LogP contribution in [-0.2, 0) is 41.0 Å². The van der Waals surface area contributed by atoms with Crippen molar-refractivity contribution in [3.05, 3.63) is 36.0 Å². The van der Waals surface area contributed by atoms with Crippen molar-refractivity contribution in [1.29, 1.82) is 0 Å². The molecule has 0 spiro atoms. The van der Waals surface area contributed by atoms with Gasteiger partial charge in [0.15, 0.2) is 22.8 Å². The number of carbonyl (C=O) groups excluding carboxylic acids is 4. The van der Waals surface area contributed by atoms with Crippen molar-refractivity contribution in [2.75, 3.05) is 0 Å². The second-order valence-corrected chi connectivity index (χ2v) is 7.81. The van der Waals surface area contributed by atoms with E-state index in [1.807, 2.05) is 0 Å². The third kappa shape index (κ3) is 6.75. The first kappa shape index (κ1) is 28.6. The van der Waals surface area contributed by atoms with Gasteiger partial charge in [0.2, 0.25) is 5.78 Å². The molecule has 1 saturated carbocycles. The maximum atomic E-state index is 12.0. The molecule has 4 aliphatic carbocycles. The monoisotopic (exact) mass is 538 g/mol. The fourth-order valence-electron chi connectivity index (χ4n) is 3.54. The first-order chi connectivity index (χ1) is 17.1. The molecule has 0 aliphatic heterocycles. The molecule has 1 fully saturated rings. The standard InChI is InChI=1S/C13H10O4.C13H8O4.O.Zn/c2*14-9-7-10-11(15)5-3-1-2-4-6-13(17,8-9)12(10)16;;/h1-2,10-11,15,17H,7-8H2;1-2,7,11,15,17H,8H2;;/b2*2-1-;;/t10?,11-,13-;11-,13-;;/m00../s1. The Morgan fingerprint density at radius 2 is 1.36 bits per heavy atom. The van der Waals surface area contributed by atoms with E-state index in [4.69, 9.17) is 3.57 Å². The maximum absolute atomic E-state index is 12.0. The van der Waals surface area contributed by atoms with E-state index in [0.29, 0.717) is 0 Å². The first-order valence-electron chi connectivity index (χ1n) is 10.4. The molecule has 4 bridgehead atoms. The summed E-state index contributed by atoms with van der Waals surface area (Å²) in [5.74, 6) is 16.3. The van der Waals surface area contributed by atoms with Crippen molar-refractivity contribution < 1.29 is 61.4 Å². The second kappa shape index (κ2) is 12.4. The average molecular weight is 540 g/mol. The predicted octanol–water partition coefficient (Wildman–Crippen LogP) is -1.79. The number of aliphatic hydroxyl groups excluding tert-OH is 2. The minimum atomic E-state index is -2.05. The van der Waals surface area contributed by atoms with Crippen LogP contribution in [0.3, 0.4) is 0 Å². The van der Waals surface area contributed by atoms with Crippen LogP contribution in [0, 0.1) is 53.3 Å². The van der Waals surface area contributed by atoms with E-state index in [1.165, 1.54) is 24.3 Å². The summed E-state index contributed by atoms with van der Waals surface area (Å²) in [5, 5.41) is 39.4. The summed E-state index contributed by atoms with van der Waals surface area (Å²) in [5.41, 5.74) is -4.24. The Morgan fingerprint density at radius 1 is 0.806 bits per heavy atom. The summed E-state index contributed by atoms with van der Waals surface area (Å²) in [6.07, 6.45) is 3.11. The van der Waals surface area contributed by atoms with Crippen molar-refractivity contribution in [3.63, 3.8) is 0 Å². The van der Waals surface area contributed by atoms with Gasteiger partial charge in [-0.15, -0.1) is 0 Å². The number of hydrogen-bond acceptors (Lipinski definition) is 9. The summed E-state index contributed by atoms with van der Waals surface area (Å²) in [7, 11) is 0. The number of ketones is 4. The SMILES string of the molecule is O=C1C=C2C(=O)[C@](O)(C#C/C=C\C#C[C@@H]2O)C1.O=C1CC2C(=O)[C@](O)(C#C/C=C\C#C[C@@H]2O)C1.[O]=[Zn]. The molecule has 1 unspecified atom stereocenters. The van der Waals surface area contributed by atoms with Gasteiger partial charge in [-0.25, -0.2) is 0 Å². The second-order valence-electron chi connectivity index (χ2n) is 7.81. The fourth-order valence-corrected chi connectivity index (χ4v) is 3.54. The van der Waals surface area contributed by atoms with Crippen LogP contribution in [0.1, 0.15) is 19.3 Å². The van der Waals surface area contributed by atoms with E-state index in [2.05, 4.69) is 47.4 Å². The van der Waals surface area contributed by atoms with Gasteiger partial charge in [-0.2, -0.15) is 0 Å².